The number of hydrogen-bond donors (Lipinski definition) is 2. The zero-order valence-electron chi connectivity index (χ0n) is 15.3. The third-order valence-corrected chi connectivity index (χ3v) is 3.76. The average Bonchev–Trinajstić information content (AvgIpc) is 2.82. The van der Waals surface area contributed by atoms with Crippen molar-refractivity contribution in [3.63, 3.8) is 0 Å². The van der Waals surface area contributed by atoms with Gasteiger partial charge in [-0.3, -0.25) is 9.59 Å². The molecule has 0 saturated carbocycles. The van der Waals surface area contributed by atoms with E-state index in [1.165, 1.54) is 5.56 Å². The number of hydrogen-bond acceptors (Lipinski definition) is 3. The fraction of sp³-hybridized carbons (Fsp3) is 0.316. The molecule has 0 aliphatic carbocycles. The highest BCUT2D eigenvalue weighted by Gasteiger charge is 2.13. The molecular weight excluding hydrogens is 316 g/mol. The number of aryl methyl sites for hydroxylation is 2. The molecule has 1 aromatic carbocycles. The first-order valence-corrected chi connectivity index (χ1v) is 8.19. The smallest absolute Gasteiger partial charge is 0.329 e. The van der Waals surface area contributed by atoms with E-state index in [0.29, 0.717) is 0 Å². The van der Waals surface area contributed by atoms with Crippen LogP contribution in [-0.2, 0) is 9.59 Å². The van der Waals surface area contributed by atoms with Crippen LogP contribution in [0.15, 0.2) is 35.4 Å². The quantitative estimate of drug-likeness (QED) is 0.509. The normalized spacial score (nSPS) is 11.1. The molecule has 1 heterocycles. The van der Waals surface area contributed by atoms with E-state index in [0.717, 1.165) is 22.6 Å². The van der Waals surface area contributed by atoms with Crippen molar-refractivity contribution in [1.82, 2.24) is 15.3 Å². The molecule has 0 aliphatic rings. The molecule has 2 aromatic rings. The Balaban J connectivity index is 2.13. The van der Waals surface area contributed by atoms with Crippen LogP contribution in [0.3, 0.4) is 0 Å². The number of carbonyl (C=O) groups is 2. The molecule has 1 aromatic heterocycles. The van der Waals surface area contributed by atoms with Gasteiger partial charge in [-0.1, -0.05) is 17.7 Å². The van der Waals surface area contributed by atoms with Crippen molar-refractivity contribution in [3.05, 3.63) is 52.8 Å². The van der Waals surface area contributed by atoms with Crippen molar-refractivity contribution in [2.24, 2.45) is 5.10 Å². The van der Waals surface area contributed by atoms with Crippen LogP contribution in [0.4, 0.5) is 0 Å². The molecule has 132 valence electrons. The minimum absolute atomic E-state index is 0.101. The van der Waals surface area contributed by atoms with Crippen LogP contribution in [0.1, 0.15) is 36.4 Å². The number of nitrogens with zero attached hydrogens (tertiary/aromatic N) is 2. The van der Waals surface area contributed by atoms with E-state index in [2.05, 4.69) is 51.6 Å². The lowest BCUT2D eigenvalue weighted by molar-refractivity contribution is -0.139. The van der Waals surface area contributed by atoms with Crippen molar-refractivity contribution in [3.8, 4) is 5.69 Å². The Morgan fingerprint density at radius 1 is 1.08 bits per heavy atom. The Kier molecular flexibility index (Phi) is 5.75. The van der Waals surface area contributed by atoms with Crippen molar-refractivity contribution in [2.75, 3.05) is 0 Å². The van der Waals surface area contributed by atoms with E-state index in [1.807, 2.05) is 19.9 Å². The molecule has 0 fully saturated rings. The second kappa shape index (κ2) is 7.79. The summed E-state index contributed by atoms with van der Waals surface area (Å²) in [6.07, 6.45) is 1.55. The standard InChI is InChI=1S/C19H24N4O2/c1-12(2)21-18(24)19(25)22-20-11-16-10-14(4)23(15(16)5)17-8-6-13(3)7-9-17/h6-12H,1-5H3,(H,21,24)(H,22,25). The van der Waals surface area contributed by atoms with Gasteiger partial charge in [0.2, 0.25) is 0 Å². The summed E-state index contributed by atoms with van der Waals surface area (Å²) >= 11 is 0. The molecule has 6 nitrogen and oxygen atoms in total. The Hall–Kier alpha value is -2.89. The molecule has 25 heavy (non-hydrogen) atoms. The second-order valence-corrected chi connectivity index (χ2v) is 6.32. The summed E-state index contributed by atoms with van der Waals surface area (Å²) in [5.74, 6) is -1.48. The van der Waals surface area contributed by atoms with Crippen molar-refractivity contribution < 1.29 is 9.59 Å². The van der Waals surface area contributed by atoms with Gasteiger partial charge >= 0.3 is 11.8 Å². The first-order chi connectivity index (χ1) is 11.8. The number of amides is 2. The molecule has 0 radical (unpaired) electrons. The van der Waals surface area contributed by atoms with Gasteiger partial charge in [0.05, 0.1) is 6.21 Å². The topological polar surface area (TPSA) is 75.5 Å². The summed E-state index contributed by atoms with van der Waals surface area (Å²) in [6.45, 7) is 9.62. The molecule has 0 atom stereocenters. The Morgan fingerprint density at radius 2 is 1.72 bits per heavy atom. The molecule has 0 spiro atoms. The number of aromatic nitrogens is 1. The van der Waals surface area contributed by atoms with Gasteiger partial charge in [0, 0.05) is 28.7 Å². The van der Waals surface area contributed by atoms with Gasteiger partial charge in [0.15, 0.2) is 0 Å². The van der Waals surface area contributed by atoms with Crippen molar-refractivity contribution >= 4 is 18.0 Å². The zero-order valence-corrected chi connectivity index (χ0v) is 15.3. The molecule has 0 bridgehead atoms. The summed E-state index contributed by atoms with van der Waals surface area (Å²) in [4.78, 5) is 23.2. The Bertz CT molecular complexity index is 802. The summed E-state index contributed by atoms with van der Waals surface area (Å²) in [7, 11) is 0. The van der Waals surface area contributed by atoms with Gasteiger partial charge in [-0.15, -0.1) is 0 Å². The van der Waals surface area contributed by atoms with Crippen LogP contribution in [0.2, 0.25) is 0 Å². The van der Waals surface area contributed by atoms with Crippen molar-refractivity contribution in [1.29, 1.82) is 0 Å². The van der Waals surface area contributed by atoms with Crippen LogP contribution in [-0.4, -0.2) is 28.6 Å². The fourth-order valence-corrected chi connectivity index (χ4v) is 2.55. The van der Waals surface area contributed by atoms with E-state index in [-0.39, 0.29) is 6.04 Å². The van der Waals surface area contributed by atoms with E-state index in [1.54, 1.807) is 20.1 Å². The van der Waals surface area contributed by atoms with Crippen LogP contribution >= 0.6 is 0 Å². The maximum absolute atomic E-state index is 11.6. The fourth-order valence-electron chi connectivity index (χ4n) is 2.55. The molecule has 2 N–H and O–H groups in total. The van der Waals surface area contributed by atoms with Crippen LogP contribution in [0, 0.1) is 20.8 Å². The Labute approximate surface area is 147 Å². The van der Waals surface area contributed by atoms with E-state index in [4.69, 9.17) is 0 Å². The highest BCUT2D eigenvalue weighted by atomic mass is 16.2. The van der Waals surface area contributed by atoms with Gasteiger partial charge in [-0.05, 0) is 52.8 Å². The number of hydrazone groups is 1. The first kappa shape index (κ1) is 18.4. The third kappa shape index (κ3) is 4.56. The van der Waals surface area contributed by atoms with Crippen LogP contribution in [0.25, 0.3) is 5.69 Å². The highest BCUT2D eigenvalue weighted by molar-refractivity contribution is 6.35. The molecule has 0 aliphatic heterocycles. The lowest BCUT2D eigenvalue weighted by atomic mass is 10.2. The predicted octanol–water partition coefficient (Wildman–Crippen LogP) is 2.38. The lowest BCUT2D eigenvalue weighted by Gasteiger charge is -2.09. The molecule has 0 saturated heterocycles. The van der Waals surface area contributed by atoms with Gasteiger partial charge < -0.3 is 9.88 Å². The number of rotatable bonds is 4. The minimum Gasteiger partial charge on any atom is -0.346 e. The number of benzene rings is 1. The SMILES string of the molecule is Cc1ccc(-n2c(C)cc(C=NNC(=O)C(=O)NC(C)C)c2C)cc1. The third-order valence-electron chi connectivity index (χ3n) is 3.76. The minimum atomic E-state index is -0.780. The Morgan fingerprint density at radius 3 is 2.32 bits per heavy atom. The summed E-state index contributed by atoms with van der Waals surface area (Å²) in [6, 6.07) is 10.1. The average molecular weight is 340 g/mol. The van der Waals surface area contributed by atoms with Gasteiger partial charge in [0.25, 0.3) is 0 Å². The summed E-state index contributed by atoms with van der Waals surface area (Å²) < 4.78 is 2.12. The molecule has 0 unspecified atom stereocenters. The summed E-state index contributed by atoms with van der Waals surface area (Å²) in [5.41, 5.74) is 7.47. The van der Waals surface area contributed by atoms with Gasteiger partial charge in [-0.2, -0.15) is 5.10 Å². The van der Waals surface area contributed by atoms with Gasteiger partial charge in [0.1, 0.15) is 0 Å². The monoisotopic (exact) mass is 340 g/mol. The molecular formula is C19H24N4O2. The highest BCUT2D eigenvalue weighted by Crippen LogP contribution is 2.20. The maximum atomic E-state index is 11.6. The maximum Gasteiger partial charge on any atom is 0.329 e. The van der Waals surface area contributed by atoms with E-state index in [9.17, 15) is 9.59 Å². The van der Waals surface area contributed by atoms with Crippen molar-refractivity contribution in [2.45, 2.75) is 40.7 Å². The van der Waals surface area contributed by atoms with Crippen LogP contribution in [0.5, 0.6) is 0 Å². The predicted molar refractivity (Wildman–Crippen MR) is 99.0 cm³/mol. The lowest BCUT2D eigenvalue weighted by Crippen LogP contribution is -2.41. The van der Waals surface area contributed by atoms with Gasteiger partial charge in [-0.25, -0.2) is 5.43 Å². The zero-order chi connectivity index (χ0) is 18.6. The largest absolute Gasteiger partial charge is 0.346 e. The van der Waals surface area contributed by atoms with E-state index >= 15 is 0 Å². The molecule has 2 rings (SSSR count). The number of nitrogens with one attached hydrogen (secondary N) is 2. The van der Waals surface area contributed by atoms with Crippen LogP contribution < -0.4 is 10.7 Å². The molecule has 2 amide bonds. The van der Waals surface area contributed by atoms with E-state index < -0.39 is 11.8 Å². The number of carbonyl (C=O) groups excluding carboxylic acids is 2. The first-order valence-electron chi connectivity index (χ1n) is 8.19. The second-order valence-electron chi connectivity index (χ2n) is 6.32. The molecule has 6 heteroatoms. The summed E-state index contributed by atoms with van der Waals surface area (Å²) in [5, 5.41) is 6.41.